The molecule has 1 aliphatic rings. The summed E-state index contributed by atoms with van der Waals surface area (Å²) in [6.45, 7) is 5.30. The number of hydrogen-bond donors (Lipinski definition) is 2. The number of carbonyl (C=O) groups excluding carboxylic acids is 1. The molecule has 18 heavy (non-hydrogen) atoms. The van der Waals surface area contributed by atoms with Crippen molar-refractivity contribution in [1.82, 2.24) is 5.32 Å². The second kappa shape index (κ2) is 4.82. The summed E-state index contributed by atoms with van der Waals surface area (Å²) in [6.07, 6.45) is 1.21. The maximum absolute atomic E-state index is 11.6. The van der Waals surface area contributed by atoms with Gasteiger partial charge in [0.1, 0.15) is 5.78 Å². The van der Waals surface area contributed by atoms with Crippen LogP contribution < -0.4 is 5.32 Å². The Morgan fingerprint density at radius 3 is 2.72 bits per heavy atom. The Labute approximate surface area is 108 Å². The maximum atomic E-state index is 11.6. The van der Waals surface area contributed by atoms with Gasteiger partial charge in [-0.1, -0.05) is 24.3 Å². The third-order valence-corrected chi connectivity index (χ3v) is 3.88. The molecule has 2 rings (SSSR count). The molecule has 0 aliphatic heterocycles. The van der Waals surface area contributed by atoms with E-state index in [2.05, 4.69) is 11.4 Å². The normalized spacial score (nSPS) is 23.6. The Hall–Kier alpha value is -1.19. The number of aliphatic hydroxyl groups excluding tert-OH is 1. The van der Waals surface area contributed by atoms with E-state index >= 15 is 0 Å². The lowest BCUT2D eigenvalue weighted by atomic mass is 9.84. The van der Waals surface area contributed by atoms with E-state index in [0.29, 0.717) is 0 Å². The van der Waals surface area contributed by atoms with E-state index in [0.717, 1.165) is 18.4 Å². The van der Waals surface area contributed by atoms with Crippen LogP contribution >= 0.6 is 0 Å². The quantitative estimate of drug-likeness (QED) is 0.859. The van der Waals surface area contributed by atoms with Gasteiger partial charge in [-0.25, -0.2) is 0 Å². The highest BCUT2D eigenvalue weighted by Crippen LogP contribution is 2.31. The first-order valence-electron chi connectivity index (χ1n) is 6.46. The van der Waals surface area contributed by atoms with Gasteiger partial charge in [0, 0.05) is 0 Å². The molecule has 0 bridgehead atoms. The summed E-state index contributed by atoms with van der Waals surface area (Å²) < 4.78 is 0. The van der Waals surface area contributed by atoms with Crippen LogP contribution in [0.3, 0.4) is 0 Å². The number of aryl methyl sites for hydroxylation is 1. The second-order valence-electron chi connectivity index (χ2n) is 5.61. The van der Waals surface area contributed by atoms with Crippen LogP contribution in [0.15, 0.2) is 24.3 Å². The molecule has 0 fully saturated rings. The SMILES string of the molecule is CC(=O)C(C)(C)N[C@@H]1c2ccccc2CC[C@H]1O. The number of benzene rings is 1. The molecule has 1 aliphatic carbocycles. The predicted molar refractivity (Wildman–Crippen MR) is 71.4 cm³/mol. The molecule has 1 aromatic carbocycles. The minimum Gasteiger partial charge on any atom is -0.391 e. The van der Waals surface area contributed by atoms with Gasteiger partial charge in [0.2, 0.25) is 0 Å². The molecule has 0 amide bonds. The number of ketones is 1. The summed E-state index contributed by atoms with van der Waals surface area (Å²) in [4.78, 5) is 11.6. The van der Waals surface area contributed by atoms with E-state index in [1.165, 1.54) is 5.56 Å². The van der Waals surface area contributed by atoms with Crippen molar-refractivity contribution >= 4 is 5.78 Å². The summed E-state index contributed by atoms with van der Waals surface area (Å²) in [5.74, 6) is 0.0813. The zero-order chi connectivity index (χ0) is 13.3. The van der Waals surface area contributed by atoms with Gasteiger partial charge in [0.05, 0.1) is 17.7 Å². The lowest BCUT2D eigenvalue weighted by molar-refractivity contribution is -0.122. The van der Waals surface area contributed by atoms with Crippen LogP contribution in [0.5, 0.6) is 0 Å². The number of aliphatic hydroxyl groups is 1. The monoisotopic (exact) mass is 247 g/mol. The zero-order valence-corrected chi connectivity index (χ0v) is 11.2. The number of nitrogens with one attached hydrogen (secondary N) is 1. The van der Waals surface area contributed by atoms with Gasteiger partial charge in [-0.2, -0.15) is 0 Å². The van der Waals surface area contributed by atoms with Crippen molar-refractivity contribution in [1.29, 1.82) is 0 Å². The van der Waals surface area contributed by atoms with E-state index in [4.69, 9.17) is 0 Å². The Kier molecular flexibility index (Phi) is 3.55. The predicted octanol–water partition coefficient (Wildman–Crippen LogP) is 1.99. The van der Waals surface area contributed by atoms with E-state index in [1.807, 2.05) is 32.0 Å². The van der Waals surface area contributed by atoms with Crippen LogP contribution in [0.4, 0.5) is 0 Å². The standard InChI is InChI=1S/C15H21NO2/c1-10(17)15(2,3)16-14-12-7-5-4-6-11(12)8-9-13(14)18/h4-7,13-14,16,18H,8-9H2,1-3H3/t13-,14-/m1/s1. The minimum absolute atomic E-state index is 0.0813. The molecular formula is C15H21NO2. The van der Waals surface area contributed by atoms with Crippen molar-refractivity contribution < 1.29 is 9.90 Å². The first-order valence-corrected chi connectivity index (χ1v) is 6.46. The minimum atomic E-state index is -0.615. The van der Waals surface area contributed by atoms with Gasteiger partial charge in [-0.3, -0.25) is 10.1 Å². The average molecular weight is 247 g/mol. The van der Waals surface area contributed by atoms with Crippen molar-refractivity contribution in [2.24, 2.45) is 0 Å². The molecule has 0 spiro atoms. The van der Waals surface area contributed by atoms with Gasteiger partial charge < -0.3 is 5.11 Å². The molecule has 0 unspecified atom stereocenters. The first-order chi connectivity index (χ1) is 8.42. The molecule has 2 N–H and O–H groups in total. The molecule has 0 heterocycles. The highest BCUT2D eigenvalue weighted by molar-refractivity contribution is 5.85. The lowest BCUT2D eigenvalue weighted by Crippen LogP contribution is -2.51. The molecule has 0 aromatic heterocycles. The largest absolute Gasteiger partial charge is 0.391 e. The number of rotatable bonds is 3. The van der Waals surface area contributed by atoms with E-state index < -0.39 is 11.6 Å². The first kappa shape index (κ1) is 13.2. The van der Waals surface area contributed by atoms with Crippen LogP contribution in [0.2, 0.25) is 0 Å². The van der Waals surface area contributed by atoms with Crippen molar-refractivity contribution in [3.63, 3.8) is 0 Å². The van der Waals surface area contributed by atoms with Crippen molar-refractivity contribution in [3.8, 4) is 0 Å². The Bertz CT molecular complexity index is 454. The second-order valence-corrected chi connectivity index (χ2v) is 5.61. The van der Waals surface area contributed by atoms with Gasteiger partial charge in [0.25, 0.3) is 0 Å². The molecule has 0 radical (unpaired) electrons. The molecule has 1 aromatic rings. The molecule has 2 atom stereocenters. The molecule has 3 heteroatoms. The summed E-state index contributed by atoms with van der Waals surface area (Å²) in [5, 5.41) is 13.5. The highest BCUT2D eigenvalue weighted by Gasteiger charge is 2.34. The third kappa shape index (κ3) is 2.47. The Morgan fingerprint density at radius 2 is 2.06 bits per heavy atom. The number of carbonyl (C=O) groups is 1. The van der Waals surface area contributed by atoms with Crippen molar-refractivity contribution in [3.05, 3.63) is 35.4 Å². The number of hydrogen-bond acceptors (Lipinski definition) is 3. The molecule has 0 saturated carbocycles. The molecule has 98 valence electrons. The number of Topliss-reactive ketones (excluding diaryl/α,β-unsaturated/α-hetero) is 1. The van der Waals surface area contributed by atoms with Gasteiger partial charge >= 0.3 is 0 Å². The van der Waals surface area contributed by atoms with E-state index in [1.54, 1.807) is 6.92 Å². The lowest BCUT2D eigenvalue weighted by Gasteiger charge is -2.36. The van der Waals surface area contributed by atoms with Crippen LogP contribution in [-0.2, 0) is 11.2 Å². The smallest absolute Gasteiger partial charge is 0.149 e. The topological polar surface area (TPSA) is 49.3 Å². The zero-order valence-electron chi connectivity index (χ0n) is 11.2. The molecular weight excluding hydrogens is 226 g/mol. The average Bonchev–Trinajstić information content (AvgIpc) is 2.32. The van der Waals surface area contributed by atoms with Gasteiger partial charge in [-0.15, -0.1) is 0 Å². The molecule has 3 nitrogen and oxygen atoms in total. The summed E-state index contributed by atoms with van der Waals surface area (Å²) in [6, 6.07) is 7.96. The fraction of sp³-hybridized carbons (Fsp3) is 0.533. The van der Waals surface area contributed by atoms with Crippen LogP contribution in [0.1, 0.15) is 44.4 Å². The summed E-state index contributed by atoms with van der Waals surface area (Å²) >= 11 is 0. The molecule has 0 saturated heterocycles. The van der Waals surface area contributed by atoms with Gasteiger partial charge in [0.15, 0.2) is 0 Å². The maximum Gasteiger partial charge on any atom is 0.149 e. The van der Waals surface area contributed by atoms with Crippen LogP contribution in [0, 0.1) is 0 Å². The highest BCUT2D eigenvalue weighted by atomic mass is 16.3. The van der Waals surface area contributed by atoms with Gasteiger partial charge in [-0.05, 0) is 44.7 Å². The van der Waals surface area contributed by atoms with E-state index in [9.17, 15) is 9.90 Å². The number of fused-ring (bicyclic) bond motifs is 1. The van der Waals surface area contributed by atoms with Crippen molar-refractivity contribution in [2.45, 2.75) is 51.3 Å². The third-order valence-electron chi connectivity index (χ3n) is 3.88. The fourth-order valence-electron chi connectivity index (χ4n) is 2.41. The van der Waals surface area contributed by atoms with Crippen LogP contribution in [-0.4, -0.2) is 22.5 Å². The Morgan fingerprint density at radius 1 is 1.39 bits per heavy atom. The Balaban J connectivity index is 2.30. The summed E-state index contributed by atoms with van der Waals surface area (Å²) in [5.41, 5.74) is 1.76. The van der Waals surface area contributed by atoms with Crippen LogP contribution in [0.25, 0.3) is 0 Å². The summed E-state index contributed by atoms with van der Waals surface area (Å²) in [7, 11) is 0. The fourth-order valence-corrected chi connectivity index (χ4v) is 2.41. The van der Waals surface area contributed by atoms with E-state index in [-0.39, 0.29) is 11.8 Å². The van der Waals surface area contributed by atoms with Crippen molar-refractivity contribution in [2.75, 3.05) is 0 Å².